The van der Waals surface area contributed by atoms with Crippen molar-refractivity contribution in [2.24, 2.45) is 0 Å². The number of nitrogens with one attached hydrogen (secondary N) is 1. The second-order valence-electron chi connectivity index (χ2n) is 5.07. The van der Waals surface area contributed by atoms with Crippen molar-refractivity contribution in [3.05, 3.63) is 56.5 Å². The molecule has 0 amide bonds. The molecule has 1 aromatic carbocycles. The predicted octanol–water partition coefficient (Wildman–Crippen LogP) is 5.39. The zero-order chi connectivity index (χ0) is 15.2. The lowest BCUT2D eigenvalue weighted by Crippen LogP contribution is -2.24. The summed E-state index contributed by atoms with van der Waals surface area (Å²) in [4.78, 5) is 1.30. The Morgan fingerprint density at radius 1 is 1.29 bits per heavy atom. The lowest BCUT2D eigenvalue weighted by molar-refractivity contribution is 0.517. The summed E-state index contributed by atoms with van der Waals surface area (Å²) in [7, 11) is 0. The molecule has 0 saturated carbocycles. The van der Waals surface area contributed by atoms with Gasteiger partial charge >= 0.3 is 0 Å². The van der Waals surface area contributed by atoms with E-state index in [-0.39, 0.29) is 11.9 Å². The third kappa shape index (κ3) is 4.06. The van der Waals surface area contributed by atoms with Crippen molar-refractivity contribution in [3.8, 4) is 0 Å². The number of benzene rings is 1. The molecule has 114 valence electrons. The average molecular weight is 326 g/mol. The van der Waals surface area contributed by atoms with Crippen molar-refractivity contribution in [1.29, 1.82) is 0 Å². The van der Waals surface area contributed by atoms with Gasteiger partial charge in [-0.3, -0.25) is 0 Å². The second-order valence-corrected chi connectivity index (χ2v) is 6.43. The summed E-state index contributed by atoms with van der Waals surface area (Å²) in [6.07, 6.45) is 2.63. The summed E-state index contributed by atoms with van der Waals surface area (Å²) in [5.41, 5.74) is 1.93. The molecule has 0 bridgehead atoms. The van der Waals surface area contributed by atoms with Gasteiger partial charge in [0, 0.05) is 21.5 Å². The average Bonchev–Trinajstić information content (AvgIpc) is 2.94. The minimum atomic E-state index is -0.222. The van der Waals surface area contributed by atoms with Crippen LogP contribution in [0.2, 0.25) is 5.02 Å². The summed E-state index contributed by atoms with van der Waals surface area (Å²) in [6.45, 7) is 5.20. The number of hydrogen-bond donors (Lipinski definition) is 1. The van der Waals surface area contributed by atoms with Crippen LogP contribution in [-0.4, -0.2) is 6.54 Å². The minimum Gasteiger partial charge on any atom is -0.309 e. The summed E-state index contributed by atoms with van der Waals surface area (Å²) in [5.74, 6) is -0.222. The number of hydrogen-bond acceptors (Lipinski definition) is 2. The lowest BCUT2D eigenvalue weighted by Gasteiger charge is -2.20. The standard InChI is InChI=1S/C17H21ClFNS/c1-3-9-20-16(17-12(4-2)8-10-21-17)11-13-14(18)6-5-7-15(13)19/h5-8,10,16,20H,3-4,9,11H2,1-2H3. The smallest absolute Gasteiger partial charge is 0.127 e. The maximum absolute atomic E-state index is 14.0. The van der Waals surface area contributed by atoms with Crippen LogP contribution in [0.4, 0.5) is 4.39 Å². The molecule has 1 N–H and O–H groups in total. The predicted molar refractivity (Wildman–Crippen MR) is 89.8 cm³/mol. The SMILES string of the molecule is CCCNC(Cc1c(F)cccc1Cl)c1sccc1CC. The van der Waals surface area contributed by atoms with Gasteiger partial charge in [-0.15, -0.1) is 11.3 Å². The minimum absolute atomic E-state index is 0.120. The van der Waals surface area contributed by atoms with Crippen molar-refractivity contribution in [2.75, 3.05) is 6.54 Å². The van der Waals surface area contributed by atoms with E-state index in [0.717, 1.165) is 19.4 Å². The van der Waals surface area contributed by atoms with Crippen molar-refractivity contribution in [3.63, 3.8) is 0 Å². The first-order valence-corrected chi connectivity index (χ1v) is 8.65. The highest BCUT2D eigenvalue weighted by Gasteiger charge is 2.19. The summed E-state index contributed by atoms with van der Waals surface area (Å²) in [6, 6.07) is 7.16. The Bertz CT molecular complexity index is 562. The van der Waals surface area contributed by atoms with Gasteiger partial charge in [-0.2, -0.15) is 0 Å². The Kier molecular flexibility index (Phi) is 6.22. The van der Waals surface area contributed by atoms with E-state index < -0.39 is 0 Å². The van der Waals surface area contributed by atoms with E-state index >= 15 is 0 Å². The largest absolute Gasteiger partial charge is 0.309 e. The quantitative estimate of drug-likeness (QED) is 0.720. The monoisotopic (exact) mass is 325 g/mol. The van der Waals surface area contributed by atoms with Crippen LogP contribution in [0.15, 0.2) is 29.6 Å². The van der Waals surface area contributed by atoms with Crippen LogP contribution >= 0.6 is 22.9 Å². The highest BCUT2D eigenvalue weighted by molar-refractivity contribution is 7.10. The first-order chi connectivity index (χ1) is 10.2. The summed E-state index contributed by atoms with van der Waals surface area (Å²) >= 11 is 7.91. The molecule has 1 atom stereocenters. The van der Waals surface area contributed by atoms with Crippen LogP contribution in [0.1, 0.15) is 42.3 Å². The fourth-order valence-electron chi connectivity index (χ4n) is 2.45. The molecule has 1 aromatic heterocycles. The molecule has 2 rings (SSSR count). The van der Waals surface area contributed by atoms with Gasteiger partial charge in [0.2, 0.25) is 0 Å². The number of halogens is 2. The Morgan fingerprint density at radius 2 is 2.10 bits per heavy atom. The van der Waals surface area contributed by atoms with Gasteiger partial charge in [0.25, 0.3) is 0 Å². The van der Waals surface area contributed by atoms with E-state index in [1.807, 2.05) is 0 Å². The molecule has 1 unspecified atom stereocenters. The van der Waals surface area contributed by atoms with E-state index in [2.05, 4.69) is 30.6 Å². The molecular formula is C17H21ClFNS. The molecule has 4 heteroatoms. The molecule has 1 nitrogen and oxygen atoms in total. The zero-order valence-electron chi connectivity index (χ0n) is 12.5. The van der Waals surface area contributed by atoms with E-state index in [1.54, 1.807) is 23.5 Å². The van der Waals surface area contributed by atoms with Crippen molar-refractivity contribution in [1.82, 2.24) is 5.32 Å². The zero-order valence-corrected chi connectivity index (χ0v) is 14.0. The molecule has 0 fully saturated rings. The van der Waals surface area contributed by atoms with Crippen LogP contribution < -0.4 is 5.32 Å². The second kappa shape index (κ2) is 7.92. The number of rotatable bonds is 7. The van der Waals surface area contributed by atoms with Crippen LogP contribution in [0.25, 0.3) is 0 Å². The Labute approximate surface area is 135 Å². The normalized spacial score (nSPS) is 12.6. The molecule has 0 saturated heterocycles. The van der Waals surface area contributed by atoms with E-state index in [1.165, 1.54) is 16.5 Å². The van der Waals surface area contributed by atoms with E-state index in [4.69, 9.17) is 11.6 Å². The third-order valence-corrected chi connectivity index (χ3v) is 5.02. The van der Waals surface area contributed by atoms with Gasteiger partial charge in [-0.1, -0.05) is 31.5 Å². The van der Waals surface area contributed by atoms with E-state index in [0.29, 0.717) is 17.0 Å². The summed E-state index contributed by atoms with van der Waals surface area (Å²) < 4.78 is 14.0. The van der Waals surface area contributed by atoms with Gasteiger partial charge in [0.05, 0.1) is 0 Å². The molecule has 0 radical (unpaired) electrons. The first-order valence-electron chi connectivity index (χ1n) is 7.39. The Morgan fingerprint density at radius 3 is 2.76 bits per heavy atom. The fraction of sp³-hybridized carbons (Fsp3) is 0.412. The van der Waals surface area contributed by atoms with Gasteiger partial charge in [-0.05, 0) is 54.9 Å². The first kappa shape index (κ1) is 16.5. The number of aryl methyl sites for hydroxylation is 1. The molecule has 0 aliphatic heterocycles. The van der Waals surface area contributed by atoms with Gasteiger partial charge in [0.1, 0.15) is 5.82 Å². The third-order valence-electron chi connectivity index (χ3n) is 3.59. The molecule has 21 heavy (non-hydrogen) atoms. The molecule has 2 aromatic rings. The number of thiophene rings is 1. The van der Waals surface area contributed by atoms with Crippen LogP contribution in [-0.2, 0) is 12.8 Å². The maximum Gasteiger partial charge on any atom is 0.127 e. The topological polar surface area (TPSA) is 12.0 Å². The lowest BCUT2D eigenvalue weighted by atomic mass is 10.0. The molecule has 0 spiro atoms. The molecule has 0 aliphatic carbocycles. The van der Waals surface area contributed by atoms with Gasteiger partial charge < -0.3 is 5.32 Å². The van der Waals surface area contributed by atoms with Gasteiger partial charge in [0.15, 0.2) is 0 Å². The van der Waals surface area contributed by atoms with Crippen LogP contribution in [0.3, 0.4) is 0 Å². The van der Waals surface area contributed by atoms with Crippen molar-refractivity contribution < 1.29 is 4.39 Å². The molecular weight excluding hydrogens is 305 g/mol. The summed E-state index contributed by atoms with van der Waals surface area (Å²) in [5, 5.41) is 6.15. The highest BCUT2D eigenvalue weighted by atomic mass is 35.5. The molecule has 0 aliphatic rings. The van der Waals surface area contributed by atoms with Crippen LogP contribution in [0.5, 0.6) is 0 Å². The van der Waals surface area contributed by atoms with Crippen molar-refractivity contribution in [2.45, 2.75) is 39.2 Å². The highest BCUT2D eigenvalue weighted by Crippen LogP contribution is 2.31. The Balaban J connectivity index is 2.28. The molecule has 1 heterocycles. The maximum atomic E-state index is 14.0. The van der Waals surface area contributed by atoms with Gasteiger partial charge in [-0.25, -0.2) is 4.39 Å². The van der Waals surface area contributed by atoms with E-state index in [9.17, 15) is 4.39 Å². The Hall–Kier alpha value is -0.900. The fourth-order valence-corrected chi connectivity index (χ4v) is 3.77. The van der Waals surface area contributed by atoms with Crippen LogP contribution in [0, 0.1) is 5.82 Å². The van der Waals surface area contributed by atoms with Crippen molar-refractivity contribution >= 4 is 22.9 Å².